The van der Waals surface area contributed by atoms with E-state index >= 15 is 0 Å². The Morgan fingerprint density at radius 1 is 1.40 bits per heavy atom. The van der Waals surface area contributed by atoms with Gasteiger partial charge in [-0.2, -0.15) is 24.9 Å². The molecule has 0 aliphatic carbocycles. The Labute approximate surface area is 92.6 Å². The second-order valence-corrected chi connectivity index (χ2v) is 4.90. The number of halogens is 3. The molecule has 2 unspecified atom stereocenters. The molecule has 2 nitrogen and oxygen atoms in total. The molecule has 0 spiro atoms. The summed E-state index contributed by atoms with van der Waals surface area (Å²) < 4.78 is 35.9. The summed E-state index contributed by atoms with van der Waals surface area (Å²) in [6.07, 6.45) is -3.19. The molecule has 0 aliphatic rings. The Bertz CT molecular complexity index is 185. The van der Waals surface area contributed by atoms with Crippen LogP contribution in [0.1, 0.15) is 20.3 Å². The average Bonchev–Trinajstić information content (AvgIpc) is 1.98. The lowest BCUT2D eigenvalue weighted by molar-refractivity contribution is -0.139. The number of rotatable bonds is 6. The number of hydrogen-bond acceptors (Lipinski definition) is 3. The molecule has 0 bridgehead atoms. The van der Waals surface area contributed by atoms with Crippen LogP contribution in [-0.2, 0) is 0 Å². The molecule has 0 aromatic heterocycles. The third kappa shape index (κ3) is 9.02. The van der Waals surface area contributed by atoms with Gasteiger partial charge in [-0.1, -0.05) is 0 Å². The first kappa shape index (κ1) is 15.1. The second-order valence-electron chi connectivity index (χ2n) is 4.03. The maximum atomic E-state index is 12.0. The highest BCUT2D eigenvalue weighted by molar-refractivity contribution is 7.98. The zero-order chi connectivity index (χ0) is 12.1. The first-order valence-corrected chi connectivity index (χ1v) is 6.07. The minimum absolute atomic E-state index is 0.172. The van der Waals surface area contributed by atoms with Crippen molar-refractivity contribution in [2.45, 2.75) is 38.1 Å². The van der Waals surface area contributed by atoms with Crippen molar-refractivity contribution < 1.29 is 18.3 Å². The number of alkyl halides is 3. The fraction of sp³-hybridized carbons (Fsp3) is 1.00. The van der Waals surface area contributed by atoms with Gasteiger partial charge in [-0.15, -0.1) is 0 Å². The Balaban J connectivity index is 3.84. The summed E-state index contributed by atoms with van der Waals surface area (Å²) in [6, 6.07) is -0.668. The van der Waals surface area contributed by atoms with Crippen molar-refractivity contribution in [1.29, 1.82) is 0 Å². The van der Waals surface area contributed by atoms with Crippen LogP contribution >= 0.6 is 11.8 Å². The lowest BCUT2D eigenvalue weighted by Crippen LogP contribution is -2.44. The van der Waals surface area contributed by atoms with Crippen molar-refractivity contribution in [1.82, 2.24) is 5.32 Å². The van der Waals surface area contributed by atoms with Crippen LogP contribution in [-0.4, -0.2) is 41.5 Å². The fourth-order valence-electron chi connectivity index (χ4n) is 1.18. The molecule has 0 aromatic carbocycles. The van der Waals surface area contributed by atoms with E-state index in [0.717, 1.165) is 0 Å². The van der Waals surface area contributed by atoms with E-state index in [0.29, 0.717) is 5.75 Å². The van der Waals surface area contributed by atoms with Gasteiger partial charge in [0.15, 0.2) is 0 Å². The van der Waals surface area contributed by atoms with Gasteiger partial charge in [-0.25, -0.2) is 0 Å². The molecule has 0 radical (unpaired) electrons. The Morgan fingerprint density at radius 2 is 1.93 bits per heavy atom. The van der Waals surface area contributed by atoms with Crippen LogP contribution < -0.4 is 5.32 Å². The molecule has 0 aromatic rings. The van der Waals surface area contributed by atoms with Gasteiger partial charge in [0.25, 0.3) is 0 Å². The quantitative estimate of drug-likeness (QED) is 0.751. The standard InChI is InChI=1S/C9H18F3NOS/c1-7(4-9(10,11)12)13-5-8(2,14)6-15-3/h7,13-14H,4-6H2,1-3H3. The Hall–Kier alpha value is 0.0600. The van der Waals surface area contributed by atoms with E-state index in [1.54, 1.807) is 6.92 Å². The Kier molecular flexibility index (Phi) is 5.98. The molecule has 15 heavy (non-hydrogen) atoms. The average molecular weight is 245 g/mol. The van der Waals surface area contributed by atoms with Gasteiger partial charge < -0.3 is 10.4 Å². The van der Waals surface area contributed by atoms with Crippen LogP contribution in [0, 0.1) is 0 Å². The molecular formula is C9H18F3NOS. The van der Waals surface area contributed by atoms with E-state index in [4.69, 9.17) is 0 Å². The Morgan fingerprint density at radius 3 is 2.33 bits per heavy atom. The molecule has 0 amide bonds. The van der Waals surface area contributed by atoms with Gasteiger partial charge in [-0.05, 0) is 20.1 Å². The van der Waals surface area contributed by atoms with Crippen molar-refractivity contribution in [2.24, 2.45) is 0 Å². The SMILES string of the molecule is CSCC(C)(O)CNC(C)CC(F)(F)F. The maximum Gasteiger partial charge on any atom is 0.390 e. The van der Waals surface area contributed by atoms with Gasteiger partial charge in [-0.3, -0.25) is 0 Å². The van der Waals surface area contributed by atoms with Crippen LogP contribution in [0.2, 0.25) is 0 Å². The largest absolute Gasteiger partial charge is 0.390 e. The summed E-state index contributed by atoms with van der Waals surface area (Å²) >= 11 is 1.46. The number of aliphatic hydroxyl groups is 1. The van der Waals surface area contributed by atoms with E-state index < -0.39 is 24.2 Å². The summed E-state index contributed by atoms with van der Waals surface area (Å²) in [5.74, 6) is 0.499. The summed E-state index contributed by atoms with van der Waals surface area (Å²) in [5.41, 5.74) is -0.959. The van der Waals surface area contributed by atoms with E-state index in [2.05, 4.69) is 5.32 Å². The minimum Gasteiger partial charge on any atom is -0.388 e. The van der Waals surface area contributed by atoms with Crippen LogP contribution in [0.4, 0.5) is 13.2 Å². The second kappa shape index (κ2) is 5.96. The molecule has 6 heteroatoms. The highest BCUT2D eigenvalue weighted by Gasteiger charge is 2.30. The van der Waals surface area contributed by atoms with Crippen molar-refractivity contribution in [2.75, 3.05) is 18.6 Å². The first-order valence-electron chi connectivity index (χ1n) is 4.68. The molecule has 2 N–H and O–H groups in total. The lowest BCUT2D eigenvalue weighted by atomic mass is 10.1. The molecule has 92 valence electrons. The molecule has 0 saturated heterocycles. The highest BCUT2D eigenvalue weighted by atomic mass is 32.2. The monoisotopic (exact) mass is 245 g/mol. The molecular weight excluding hydrogens is 227 g/mol. The molecule has 2 atom stereocenters. The first-order chi connectivity index (χ1) is 6.66. The van der Waals surface area contributed by atoms with Crippen LogP contribution in [0.3, 0.4) is 0 Å². The topological polar surface area (TPSA) is 32.3 Å². The van der Waals surface area contributed by atoms with Crippen molar-refractivity contribution in [3.05, 3.63) is 0 Å². The molecule has 0 fully saturated rings. The van der Waals surface area contributed by atoms with Crippen LogP contribution in [0.5, 0.6) is 0 Å². The zero-order valence-corrected chi connectivity index (χ0v) is 10.0. The lowest BCUT2D eigenvalue weighted by Gasteiger charge is -2.25. The zero-order valence-electron chi connectivity index (χ0n) is 9.19. The van der Waals surface area contributed by atoms with E-state index in [-0.39, 0.29) is 6.54 Å². The van der Waals surface area contributed by atoms with Gasteiger partial charge in [0, 0.05) is 18.3 Å². The number of hydrogen-bond donors (Lipinski definition) is 2. The van der Waals surface area contributed by atoms with Crippen molar-refractivity contribution in [3.8, 4) is 0 Å². The predicted octanol–water partition coefficient (Wildman–Crippen LogP) is 2.03. The molecule has 0 heterocycles. The third-order valence-corrected chi connectivity index (χ3v) is 2.73. The van der Waals surface area contributed by atoms with Crippen molar-refractivity contribution >= 4 is 11.8 Å². The minimum atomic E-state index is -4.15. The maximum absolute atomic E-state index is 12.0. The normalized spacial score (nSPS) is 18.6. The summed E-state index contributed by atoms with van der Waals surface area (Å²) in [7, 11) is 0. The highest BCUT2D eigenvalue weighted by Crippen LogP contribution is 2.21. The van der Waals surface area contributed by atoms with E-state index in [9.17, 15) is 18.3 Å². The van der Waals surface area contributed by atoms with Gasteiger partial charge >= 0.3 is 6.18 Å². The van der Waals surface area contributed by atoms with Gasteiger partial charge in [0.05, 0.1) is 12.0 Å². The third-order valence-electron chi connectivity index (χ3n) is 1.82. The summed E-state index contributed by atoms with van der Waals surface area (Å²) in [4.78, 5) is 0. The fourth-order valence-corrected chi connectivity index (χ4v) is 1.90. The van der Waals surface area contributed by atoms with E-state index in [1.165, 1.54) is 18.7 Å². The smallest absolute Gasteiger partial charge is 0.388 e. The van der Waals surface area contributed by atoms with Crippen molar-refractivity contribution in [3.63, 3.8) is 0 Å². The number of nitrogens with one attached hydrogen (secondary N) is 1. The molecule has 0 aliphatic heterocycles. The van der Waals surface area contributed by atoms with Crippen LogP contribution in [0.15, 0.2) is 0 Å². The van der Waals surface area contributed by atoms with Gasteiger partial charge in [0.2, 0.25) is 0 Å². The summed E-state index contributed by atoms with van der Waals surface area (Å²) in [5, 5.41) is 12.4. The van der Waals surface area contributed by atoms with Crippen LogP contribution in [0.25, 0.3) is 0 Å². The van der Waals surface area contributed by atoms with E-state index in [1.807, 2.05) is 6.26 Å². The number of thioether (sulfide) groups is 1. The summed E-state index contributed by atoms with van der Waals surface area (Å²) in [6.45, 7) is 3.24. The molecule has 0 saturated carbocycles. The van der Waals surface area contributed by atoms with Gasteiger partial charge in [0.1, 0.15) is 0 Å². The molecule has 0 rings (SSSR count). The predicted molar refractivity (Wildman–Crippen MR) is 57.1 cm³/mol.